The third kappa shape index (κ3) is 1.42. The fourth-order valence-corrected chi connectivity index (χ4v) is 3.00. The molecule has 0 aliphatic carbocycles. The average Bonchev–Trinajstić information content (AvgIpc) is 2.42. The Hall–Kier alpha value is -0.670. The van der Waals surface area contributed by atoms with E-state index in [4.69, 9.17) is 0 Å². The molecule has 1 N–H and O–H groups in total. The summed E-state index contributed by atoms with van der Waals surface area (Å²) in [7, 11) is 0. The van der Waals surface area contributed by atoms with Gasteiger partial charge in [0.15, 0.2) is 0 Å². The minimum Gasteiger partial charge on any atom is -0.508 e. The van der Waals surface area contributed by atoms with E-state index in [1.807, 2.05) is 6.07 Å². The Morgan fingerprint density at radius 3 is 2.92 bits per heavy atom. The number of thiophene rings is 1. The molecule has 0 fully saturated rings. The van der Waals surface area contributed by atoms with Gasteiger partial charge in [-0.1, -0.05) is 6.92 Å². The van der Waals surface area contributed by atoms with Crippen molar-refractivity contribution in [3.8, 4) is 5.75 Å². The highest BCUT2D eigenvalue weighted by molar-refractivity contribution is 7.80. The fraction of sp³-hybridized carbons (Fsp3) is 0.200. The number of aromatic hydroxyl groups is 1. The Labute approximate surface area is 86.4 Å². The van der Waals surface area contributed by atoms with Gasteiger partial charge in [-0.15, -0.1) is 24.0 Å². The molecular formula is C10H10OS2. The Bertz CT molecular complexity index is 445. The molecule has 1 aromatic heterocycles. The molecule has 13 heavy (non-hydrogen) atoms. The Kier molecular flexibility index (Phi) is 2.22. The van der Waals surface area contributed by atoms with E-state index in [9.17, 15) is 5.11 Å². The number of benzene rings is 1. The van der Waals surface area contributed by atoms with Crippen molar-refractivity contribution in [1.82, 2.24) is 0 Å². The van der Waals surface area contributed by atoms with Crippen LogP contribution in [0, 0.1) is 0 Å². The van der Waals surface area contributed by atoms with Crippen molar-refractivity contribution < 1.29 is 5.11 Å². The highest BCUT2D eigenvalue weighted by atomic mass is 32.1. The van der Waals surface area contributed by atoms with Crippen LogP contribution in [0.25, 0.3) is 10.1 Å². The third-order valence-corrected chi connectivity index (χ3v) is 4.00. The standard InChI is InChI=1S/C10H10OS2/c1-2-8-10(12)7-4-3-6(11)5-9(7)13-8/h3-5,11-12H,2H2,1H3. The van der Waals surface area contributed by atoms with E-state index in [0.29, 0.717) is 5.75 Å². The summed E-state index contributed by atoms with van der Waals surface area (Å²) in [6.07, 6.45) is 0.999. The van der Waals surface area contributed by atoms with E-state index in [2.05, 4.69) is 19.6 Å². The molecule has 3 heteroatoms. The molecule has 0 aliphatic rings. The van der Waals surface area contributed by atoms with Gasteiger partial charge in [-0.2, -0.15) is 0 Å². The van der Waals surface area contributed by atoms with Gasteiger partial charge in [-0.3, -0.25) is 0 Å². The number of aryl methyl sites for hydroxylation is 1. The molecule has 1 nitrogen and oxygen atoms in total. The van der Waals surface area contributed by atoms with Crippen molar-refractivity contribution in [2.24, 2.45) is 0 Å². The Balaban J connectivity index is 2.76. The zero-order valence-electron chi connectivity index (χ0n) is 7.24. The van der Waals surface area contributed by atoms with Crippen molar-refractivity contribution in [3.05, 3.63) is 23.1 Å². The van der Waals surface area contributed by atoms with Crippen LogP contribution >= 0.6 is 24.0 Å². The molecule has 0 saturated heterocycles. The largest absolute Gasteiger partial charge is 0.508 e. The van der Waals surface area contributed by atoms with Crippen LogP contribution < -0.4 is 0 Å². The lowest BCUT2D eigenvalue weighted by molar-refractivity contribution is 0.476. The molecule has 2 rings (SSSR count). The molecule has 1 heterocycles. The van der Waals surface area contributed by atoms with Gasteiger partial charge in [0.05, 0.1) is 0 Å². The lowest BCUT2D eigenvalue weighted by Gasteiger charge is -1.92. The monoisotopic (exact) mass is 210 g/mol. The van der Waals surface area contributed by atoms with Crippen LogP contribution in [0.1, 0.15) is 11.8 Å². The van der Waals surface area contributed by atoms with E-state index < -0.39 is 0 Å². The molecule has 0 bridgehead atoms. The van der Waals surface area contributed by atoms with Crippen LogP contribution in [0.3, 0.4) is 0 Å². The molecule has 0 unspecified atom stereocenters. The van der Waals surface area contributed by atoms with Crippen molar-refractivity contribution in [2.75, 3.05) is 0 Å². The molecule has 0 radical (unpaired) electrons. The van der Waals surface area contributed by atoms with E-state index in [1.165, 1.54) is 4.88 Å². The molecule has 0 spiro atoms. The molecule has 1 aromatic carbocycles. The van der Waals surface area contributed by atoms with Crippen LogP contribution in [-0.2, 0) is 6.42 Å². The molecule has 0 saturated carbocycles. The van der Waals surface area contributed by atoms with Crippen LogP contribution in [-0.4, -0.2) is 5.11 Å². The lowest BCUT2D eigenvalue weighted by Crippen LogP contribution is -1.71. The Morgan fingerprint density at radius 2 is 2.23 bits per heavy atom. The molecule has 0 amide bonds. The minimum atomic E-state index is 0.324. The second-order valence-electron chi connectivity index (χ2n) is 2.91. The van der Waals surface area contributed by atoms with Gasteiger partial charge in [-0.05, 0) is 24.6 Å². The normalized spacial score (nSPS) is 10.9. The zero-order valence-corrected chi connectivity index (χ0v) is 8.95. The molecule has 2 aromatic rings. The number of phenols is 1. The van der Waals surface area contributed by atoms with E-state index in [-0.39, 0.29) is 0 Å². The second kappa shape index (κ2) is 3.24. The first-order valence-electron chi connectivity index (χ1n) is 4.15. The lowest BCUT2D eigenvalue weighted by atomic mass is 10.2. The van der Waals surface area contributed by atoms with Gasteiger partial charge in [0.2, 0.25) is 0 Å². The second-order valence-corrected chi connectivity index (χ2v) is 4.49. The zero-order chi connectivity index (χ0) is 9.42. The number of rotatable bonds is 1. The topological polar surface area (TPSA) is 20.2 Å². The highest BCUT2D eigenvalue weighted by Crippen LogP contribution is 2.35. The van der Waals surface area contributed by atoms with Gasteiger partial charge in [-0.25, -0.2) is 0 Å². The first-order valence-corrected chi connectivity index (χ1v) is 5.42. The molecular weight excluding hydrogens is 200 g/mol. The number of hydrogen-bond donors (Lipinski definition) is 2. The van der Waals surface area contributed by atoms with Gasteiger partial charge < -0.3 is 5.11 Å². The quantitative estimate of drug-likeness (QED) is 0.691. The van der Waals surface area contributed by atoms with Crippen molar-refractivity contribution in [1.29, 1.82) is 0 Å². The summed E-state index contributed by atoms with van der Waals surface area (Å²) < 4.78 is 1.11. The van der Waals surface area contributed by atoms with Crippen LogP contribution in [0.5, 0.6) is 5.75 Å². The summed E-state index contributed by atoms with van der Waals surface area (Å²) in [4.78, 5) is 2.34. The van der Waals surface area contributed by atoms with Gasteiger partial charge in [0, 0.05) is 19.9 Å². The highest BCUT2D eigenvalue weighted by Gasteiger charge is 2.07. The maximum atomic E-state index is 9.28. The van der Waals surface area contributed by atoms with Crippen LogP contribution in [0.4, 0.5) is 0 Å². The van der Waals surface area contributed by atoms with Crippen molar-refractivity contribution in [2.45, 2.75) is 18.2 Å². The smallest absolute Gasteiger partial charge is 0.117 e. The summed E-state index contributed by atoms with van der Waals surface area (Å²) in [5, 5.41) is 10.4. The van der Waals surface area contributed by atoms with Gasteiger partial charge in [0.25, 0.3) is 0 Å². The predicted molar refractivity (Wildman–Crippen MR) is 60.1 cm³/mol. The maximum absolute atomic E-state index is 9.28. The van der Waals surface area contributed by atoms with E-state index >= 15 is 0 Å². The molecule has 0 atom stereocenters. The van der Waals surface area contributed by atoms with E-state index in [0.717, 1.165) is 21.4 Å². The number of fused-ring (bicyclic) bond motifs is 1. The first-order chi connectivity index (χ1) is 6.22. The third-order valence-electron chi connectivity index (χ3n) is 2.04. The van der Waals surface area contributed by atoms with Gasteiger partial charge in [0.1, 0.15) is 5.75 Å². The minimum absolute atomic E-state index is 0.324. The fourth-order valence-electron chi connectivity index (χ4n) is 1.36. The summed E-state index contributed by atoms with van der Waals surface area (Å²) in [6.45, 7) is 2.12. The molecule has 0 aliphatic heterocycles. The summed E-state index contributed by atoms with van der Waals surface area (Å²) in [6, 6.07) is 5.41. The summed E-state index contributed by atoms with van der Waals surface area (Å²) in [5.41, 5.74) is 0. The van der Waals surface area contributed by atoms with E-state index in [1.54, 1.807) is 23.5 Å². The maximum Gasteiger partial charge on any atom is 0.117 e. The first kappa shape index (κ1) is 8.91. The van der Waals surface area contributed by atoms with Gasteiger partial charge >= 0.3 is 0 Å². The number of hydrogen-bond acceptors (Lipinski definition) is 3. The Morgan fingerprint density at radius 1 is 1.46 bits per heavy atom. The van der Waals surface area contributed by atoms with Crippen LogP contribution in [0.2, 0.25) is 0 Å². The van der Waals surface area contributed by atoms with Crippen molar-refractivity contribution >= 4 is 34.1 Å². The van der Waals surface area contributed by atoms with Crippen molar-refractivity contribution in [3.63, 3.8) is 0 Å². The van der Waals surface area contributed by atoms with Crippen LogP contribution in [0.15, 0.2) is 23.1 Å². The predicted octanol–water partition coefficient (Wildman–Crippen LogP) is 3.46. The number of phenolic OH excluding ortho intramolecular Hbond substituents is 1. The molecule has 68 valence electrons. The SMILES string of the molecule is CCc1sc2cc(O)ccc2c1S. The summed E-state index contributed by atoms with van der Waals surface area (Å²) >= 11 is 6.16. The average molecular weight is 210 g/mol. The number of thiol groups is 1. The summed E-state index contributed by atoms with van der Waals surface area (Å²) in [5.74, 6) is 0.324.